The predicted molar refractivity (Wildman–Crippen MR) is 55.0 cm³/mol. The molecule has 3 nitrogen and oxygen atoms in total. The molecule has 0 spiro atoms. The third-order valence-electron chi connectivity index (χ3n) is 2.32. The lowest BCUT2D eigenvalue weighted by Crippen LogP contribution is -2.32. The lowest BCUT2D eigenvalue weighted by Gasteiger charge is -2.15. The minimum absolute atomic E-state index is 0.158. The zero-order chi connectivity index (χ0) is 12.2. The van der Waals surface area contributed by atoms with Crippen LogP contribution in [-0.2, 0) is 12.7 Å². The van der Waals surface area contributed by atoms with Crippen molar-refractivity contribution >= 4 is 0 Å². The van der Waals surface area contributed by atoms with Crippen LogP contribution in [0, 0.1) is 0 Å². The monoisotopic (exact) mass is 235 g/mol. The van der Waals surface area contributed by atoms with Gasteiger partial charge in [0, 0.05) is 12.2 Å². The van der Waals surface area contributed by atoms with Gasteiger partial charge in [-0.05, 0) is 19.0 Å². The molecule has 92 valence electrons. The smallest absolute Gasteiger partial charge is 0.312 e. The highest BCUT2D eigenvalue weighted by Crippen LogP contribution is 2.27. The standard InChI is InChI=1S/C10H16F3N3/c1-3-8(14-4-2)7-16-6-5-9(15-16)10(11,12)13/h5-6,8,14H,3-4,7H2,1-2H3. The number of aromatic nitrogens is 2. The van der Waals surface area contributed by atoms with Crippen molar-refractivity contribution in [3.8, 4) is 0 Å². The second-order valence-electron chi connectivity index (χ2n) is 3.58. The largest absolute Gasteiger partial charge is 0.435 e. The van der Waals surface area contributed by atoms with Gasteiger partial charge in [-0.2, -0.15) is 18.3 Å². The van der Waals surface area contributed by atoms with Gasteiger partial charge >= 0.3 is 6.18 Å². The van der Waals surface area contributed by atoms with Gasteiger partial charge in [0.15, 0.2) is 5.69 Å². The molecular formula is C10H16F3N3. The Morgan fingerprint density at radius 2 is 2.12 bits per heavy atom. The van der Waals surface area contributed by atoms with Crippen LogP contribution in [0.2, 0.25) is 0 Å². The molecule has 0 saturated carbocycles. The van der Waals surface area contributed by atoms with Crippen LogP contribution >= 0.6 is 0 Å². The molecule has 0 fully saturated rings. The van der Waals surface area contributed by atoms with Crippen LogP contribution in [-0.4, -0.2) is 22.4 Å². The van der Waals surface area contributed by atoms with Crippen LogP contribution < -0.4 is 5.32 Å². The van der Waals surface area contributed by atoms with E-state index in [-0.39, 0.29) is 6.04 Å². The van der Waals surface area contributed by atoms with Crippen LogP contribution in [0.5, 0.6) is 0 Å². The van der Waals surface area contributed by atoms with Crippen molar-refractivity contribution in [3.05, 3.63) is 18.0 Å². The molecule has 1 atom stereocenters. The van der Waals surface area contributed by atoms with Crippen LogP contribution in [0.3, 0.4) is 0 Å². The molecule has 0 bridgehead atoms. The van der Waals surface area contributed by atoms with E-state index in [1.807, 2.05) is 13.8 Å². The molecule has 1 N–H and O–H groups in total. The number of halogens is 3. The van der Waals surface area contributed by atoms with Crippen molar-refractivity contribution in [1.29, 1.82) is 0 Å². The molecule has 6 heteroatoms. The summed E-state index contributed by atoms with van der Waals surface area (Å²) in [5.41, 5.74) is -0.834. The fourth-order valence-corrected chi connectivity index (χ4v) is 1.47. The van der Waals surface area contributed by atoms with Gasteiger partial charge in [0.2, 0.25) is 0 Å². The Labute approximate surface area is 92.6 Å². The molecule has 1 heterocycles. The molecule has 0 aliphatic carbocycles. The van der Waals surface area contributed by atoms with Crippen LogP contribution in [0.15, 0.2) is 12.3 Å². The maximum atomic E-state index is 12.3. The first-order valence-electron chi connectivity index (χ1n) is 5.31. The number of rotatable bonds is 5. The molecule has 0 aliphatic heterocycles. The lowest BCUT2D eigenvalue weighted by molar-refractivity contribution is -0.141. The van der Waals surface area contributed by atoms with Crippen molar-refractivity contribution < 1.29 is 13.2 Å². The van der Waals surface area contributed by atoms with Gasteiger partial charge in [0.1, 0.15) is 0 Å². The Bertz CT molecular complexity index is 319. The van der Waals surface area contributed by atoms with Gasteiger partial charge in [0.05, 0.1) is 6.54 Å². The number of nitrogens with one attached hydrogen (secondary N) is 1. The Kier molecular flexibility index (Phi) is 4.35. The Morgan fingerprint density at radius 1 is 1.44 bits per heavy atom. The summed E-state index contributed by atoms with van der Waals surface area (Å²) in [4.78, 5) is 0. The van der Waals surface area contributed by atoms with Crippen molar-refractivity contribution in [2.24, 2.45) is 0 Å². The Morgan fingerprint density at radius 3 is 2.56 bits per heavy atom. The number of hydrogen-bond donors (Lipinski definition) is 1. The fourth-order valence-electron chi connectivity index (χ4n) is 1.47. The fraction of sp³-hybridized carbons (Fsp3) is 0.700. The molecule has 1 unspecified atom stereocenters. The van der Waals surface area contributed by atoms with E-state index in [1.165, 1.54) is 10.9 Å². The van der Waals surface area contributed by atoms with E-state index < -0.39 is 11.9 Å². The minimum Gasteiger partial charge on any atom is -0.312 e. The summed E-state index contributed by atoms with van der Waals surface area (Å²) in [6, 6.07) is 1.16. The van der Waals surface area contributed by atoms with Crippen LogP contribution in [0.25, 0.3) is 0 Å². The molecule has 0 radical (unpaired) electrons. The van der Waals surface area contributed by atoms with Crippen molar-refractivity contribution in [1.82, 2.24) is 15.1 Å². The van der Waals surface area contributed by atoms with Crippen molar-refractivity contribution in [3.63, 3.8) is 0 Å². The van der Waals surface area contributed by atoms with E-state index >= 15 is 0 Å². The topological polar surface area (TPSA) is 29.9 Å². The number of alkyl halides is 3. The van der Waals surface area contributed by atoms with E-state index in [2.05, 4.69) is 10.4 Å². The van der Waals surface area contributed by atoms with Gasteiger partial charge in [-0.3, -0.25) is 4.68 Å². The first-order chi connectivity index (χ1) is 7.47. The lowest BCUT2D eigenvalue weighted by atomic mass is 10.2. The Balaban J connectivity index is 2.64. The van der Waals surface area contributed by atoms with E-state index in [9.17, 15) is 13.2 Å². The van der Waals surface area contributed by atoms with Crippen molar-refractivity contribution in [2.75, 3.05) is 6.54 Å². The summed E-state index contributed by atoms with van der Waals surface area (Å²) in [7, 11) is 0. The SMILES string of the molecule is CCNC(CC)Cn1ccc(C(F)(F)F)n1. The molecule has 0 aliphatic rings. The maximum Gasteiger partial charge on any atom is 0.435 e. The van der Waals surface area contributed by atoms with Gasteiger partial charge < -0.3 is 5.32 Å². The maximum absolute atomic E-state index is 12.3. The average molecular weight is 235 g/mol. The molecule has 1 aromatic rings. The number of likely N-dealkylation sites (N-methyl/N-ethyl adjacent to an activating group) is 1. The molecule has 1 aromatic heterocycles. The quantitative estimate of drug-likeness (QED) is 0.848. The summed E-state index contributed by atoms with van der Waals surface area (Å²) >= 11 is 0. The summed E-state index contributed by atoms with van der Waals surface area (Å²) in [6.07, 6.45) is -2.14. The van der Waals surface area contributed by atoms with E-state index in [0.717, 1.165) is 19.0 Å². The first-order valence-corrected chi connectivity index (χ1v) is 5.31. The van der Waals surface area contributed by atoms with Crippen molar-refractivity contribution in [2.45, 2.75) is 39.0 Å². The predicted octanol–water partition coefficient (Wildman–Crippen LogP) is 2.29. The second-order valence-corrected chi connectivity index (χ2v) is 3.58. The third-order valence-corrected chi connectivity index (χ3v) is 2.32. The number of nitrogens with zero attached hydrogens (tertiary/aromatic N) is 2. The first kappa shape index (κ1) is 13.0. The molecular weight excluding hydrogens is 219 g/mol. The molecule has 0 aromatic carbocycles. The van der Waals surface area contributed by atoms with Gasteiger partial charge in [-0.1, -0.05) is 13.8 Å². The summed E-state index contributed by atoms with van der Waals surface area (Å²) < 4.78 is 38.2. The van der Waals surface area contributed by atoms with E-state index in [1.54, 1.807) is 0 Å². The second kappa shape index (κ2) is 5.34. The van der Waals surface area contributed by atoms with Gasteiger partial charge in [-0.15, -0.1) is 0 Å². The number of hydrogen-bond acceptors (Lipinski definition) is 2. The molecule has 1 rings (SSSR count). The third kappa shape index (κ3) is 3.52. The zero-order valence-electron chi connectivity index (χ0n) is 9.38. The highest BCUT2D eigenvalue weighted by atomic mass is 19.4. The Hall–Kier alpha value is -1.04. The molecule has 16 heavy (non-hydrogen) atoms. The van der Waals surface area contributed by atoms with Gasteiger partial charge in [-0.25, -0.2) is 0 Å². The average Bonchev–Trinajstić information content (AvgIpc) is 2.65. The minimum atomic E-state index is -4.36. The summed E-state index contributed by atoms with van der Waals surface area (Å²) in [5, 5.41) is 6.69. The van der Waals surface area contributed by atoms with Crippen LogP contribution in [0.4, 0.5) is 13.2 Å². The van der Waals surface area contributed by atoms with E-state index in [0.29, 0.717) is 6.54 Å². The highest BCUT2D eigenvalue weighted by molar-refractivity contribution is 5.03. The summed E-state index contributed by atoms with van der Waals surface area (Å²) in [6.45, 7) is 5.21. The van der Waals surface area contributed by atoms with Crippen LogP contribution in [0.1, 0.15) is 26.0 Å². The van der Waals surface area contributed by atoms with E-state index in [4.69, 9.17) is 0 Å². The molecule has 0 saturated heterocycles. The highest BCUT2D eigenvalue weighted by Gasteiger charge is 2.33. The van der Waals surface area contributed by atoms with Gasteiger partial charge in [0.25, 0.3) is 0 Å². The summed E-state index contributed by atoms with van der Waals surface area (Å²) in [5.74, 6) is 0. The zero-order valence-corrected chi connectivity index (χ0v) is 9.38. The normalized spacial score (nSPS) is 14.1. The molecule has 0 amide bonds.